The van der Waals surface area contributed by atoms with E-state index in [2.05, 4.69) is 5.32 Å². The Morgan fingerprint density at radius 3 is 1.77 bits per heavy atom. The highest BCUT2D eigenvalue weighted by atomic mass is 16.3. The molecule has 0 amide bonds. The standard InChI is InChI=1S/C10H19NO2/c12-5-7-1-2-8(6-13)10-4-11-3-9(7)10/h7-13H,1-6H2. The molecule has 4 unspecified atom stereocenters. The summed E-state index contributed by atoms with van der Waals surface area (Å²) in [4.78, 5) is 0. The fraction of sp³-hybridized carbons (Fsp3) is 1.00. The van der Waals surface area contributed by atoms with E-state index in [0.717, 1.165) is 25.9 Å². The van der Waals surface area contributed by atoms with E-state index >= 15 is 0 Å². The molecule has 0 aromatic heterocycles. The fourth-order valence-electron chi connectivity index (χ4n) is 3.06. The third-order valence-corrected chi connectivity index (χ3v) is 3.90. The van der Waals surface area contributed by atoms with Crippen LogP contribution in [0.4, 0.5) is 0 Å². The minimum atomic E-state index is 0.320. The third kappa shape index (κ3) is 1.60. The molecule has 3 N–H and O–H groups in total. The summed E-state index contributed by atoms with van der Waals surface area (Å²) in [7, 11) is 0. The topological polar surface area (TPSA) is 52.5 Å². The molecule has 0 aromatic rings. The van der Waals surface area contributed by atoms with Crippen LogP contribution in [0.25, 0.3) is 0 Å². The second kappa shape index (κ2) is 3.95. The van der Waals surface area contributed by atoms with Crippen molar-refractivity contribution in [2.75, 3.05) is 26.3 Å². The number of aliphatic hydroxyl groups is 2. The van der Waals surface area contributed by atoms with Gasteiger partial charge in [0.1, 0.15) is 0 Å². The summed E-state index contributed by atoms with van der Waals surface area (Å²) in [5.41, 5.74) is 0. The van der Waals surface area contributed by atoms with Gasteiger partial charge in [0, 0.05) is 13.2 Å². The third-order valence-electron chi connectivity index (χ3n) is 3.90. The Morgan fingerprint density at radius 1 is 0.923 bits per heavy atom. The number of fused-ring (bicyclic) bond motifs is 1. The van der Waals surface area contributed by atoms with Gasteiger partial charge in [0.15, 0.2) is 0 Å². The van der Waals surface area contributed by atoms with Gasteiger partial charge in [-0.25, -0.2) is 0 Å². The maximum Gasteiger partial charge on any atom is 0.0462 e. The van der Waals surface area contributed by atoms with Crippen LogP contribution in [0.2, 0.25) is 0 Å². The van der Waals surface area contributed by atoms with Gasteiger partial charge in [-0.15, -0.1) is 0 Å². The number of nitrogens with one attached hydrogen (secondary N) is 1. The summed E-state index contributed by atoms with van der Waals surface area (Å²) in [6.45, 7) is 2.71. The Labute approximate surface area is 79.2 Å². The Bertz CT molecular complexity index is 156. The first kappa shape index (κ1) is 9.44. The molecule has 3 nitrogen and oxygen atoms in total. The van der Waals surface area contributed by atoms with Crippen molar-refractivity contribution in [3.05, 3.63) is 0 Å². The minimum Gasteiger partial charge on any atom is -0.396 e. The molecule has 1 saturated carbocycles. The number of hydrogen-bond acceptors (Lipinski definition) is 3. The molecule has 0 spiro atoms. The predicted molar refractivity (Wildman–Crippen MR) is 50.2 cm³/mol. The maximum atomic E-state index is 9.21. The van der Waals surface area contributed by atoms with E-state index in [9.17, 15) is 10.2 Å². The molecule has 1 saturated heterocycles. The summed E-state index contributed by atoms with van der Waals surface area (Å²) >= 11 is 0. The van der Waals surface area contributed by atoms with Crippen molar-refractivity contribution in [1.29, 1.82) is 0 Å². The van der Waals surface area contributed by atoms with Crippen LogP contribution in [-0.4, -0.2) is 36.5 Å². The number of rotatable bonds is 2. The van der Waals surface area contributed by atoms with Crippen LogP contribution < -0.4 is 5.32 Å². The summed E-state index contributed by atoms with van der Waals surface area (Å²) in [6.07, 6.45) is 2.18. The van der Waals surface area contributed by atoms with Crippen molar-refractivity contribution >= 4 is 0 Å². The summed E-state index contributed by atoms with van der Waals surface area (Å²) in [6, 6.07) is 0. The molecule has 0 radical (unpaired) electrons. The molecule has 2 aliphatic rings. The summed E-state index contributed by atoms with van der Waals surface area (Å²) in [5.74, 6) is 2.16. The lowest BCUT2D eigenvalue weighted by atomic mass is 9.68. The van der Waals surface area contributed by atoms with Crippen LogP contribution in [0.3, 0.4) is 0 Å². The van der Waals surface area contributed by atoms with Crippen LogP contribution >= 0.6 is 0 Å². The van der Waals surface area contributed by atoms with Gasteiger partial charge in [0.25, 0.3) is 0 Å². The molecule has 0 bridgehead atoms. The van der Waals surface area contributed by atoms with Crippen molar-refractivity contribution < 1.29 is 10.2 Å². The SMILES string of the molecule is OCC1CCC(CO)C2CNCC12. The van der Waals surface area contributed by atoms with Gasteiger partial charge in [0.05, 0.1) is 0 Å². The molecule has 76 valence electrons. The van der Waals surface area contributed by atoms with Crippen molar-refractivity contribution in [2.24, 2.45) is 23.7 Å². The summed E-state index contributed by atoms with van der Waals surface area (Å²) < 4.78 is 0. The normalized spacial score (nSPS) is 44.8. The molecular formula is C10H19NO2. The highest BCUT2D eigenvalue weighted by Crippen LogP contribution is 2.40. The first-order valence-electron chi connectivity index (χ1n) is 5.29. The summed E-state index contributed by atoms with van der Waals surface area (Å²) in [5, 5.41) is 21.8. The average molecular weight is 185 g/mol. The Balaban J connectivity index is 2.04. The van der Waals surface area contributed by atoms with Gasteiger partial charge in [-0.2, -0.15) is 0 Å². The minimum absolute atomic E-state index is 0.320. The van der Waals surface area contributed by atoms with Crippen molar-refractivity contribution in [3.63, 3.8) is 0 Å². The van der Waals surface area contributed by atoms with E-state index in [-0.39, 0.29) is 0 Å². The molecule has 1 aliphatic carbocycles. The van der Waals surface area contributed by atoms with Crippen LogP contribution in [0.15, 0.2) is 0 Å². The highest BCUT2D eigenvalue weighted by molar-refractivity contribution is 4.93. The molecule has 2 fully saturated rings. The Morgan fingerprint density at radius 2 is 1.38 bits per heavy atom. The van der Waals surface area contributed by atoms with E-state index in [1.807, 2.05) is 0 Å². The average Bonchev–Trinajstić information content (AvgIpc) is 2.64. The van der Waals surface area contributed by atoms with E-state index in [4.69, 9.17) is 0 Å². The first-order chi connectivity index (χ1) is 6.36. The van der Waals surface area contributed by atoms with Crippen LogP contribution in [-0.2, 0) is 0 Å². The molecule has 3 heteroatoms. The maximum absolute atomic E-state index is 9.21. The molecule has 0 aromatic carbocycles. The molecule has 4 atom stereocenters. The van der Waals surface area contributed by atoms with Gasteiger partial charge < -0.3 is 15.5 Å². The van der Waals surface area contributed by atoms with Gasteiger partial charge in [-0.05, 0) is 49.6 Å². The molecule has 13 heavy (non-hydrogen) atoms. The van der Waals surface area contributed by atoms with Gasteiger partial charge >= 0.3 is 0 Å². The van der Waals surface area contributed by atoms with E-state index < -0.39 is 0 Å². The van der Waals surface area contributed by atoms with E-state index in [1.165, 1.54) is 0 Å². The molecule has 2 rings (SSSR count). The predicted octanol–water partition coefficient (Wildman–Crippen LogP) is -0.167. The monoisotopic (exact) mass is 185 g/mol. The van der Waals surface area contributed by atoms with Crippen LogP contribution in [0.5, 0.6) is 0 Å². The smallest absolute Gasteiger partial charge is 0.0462 e. The van der Waals surface area contributed by atoms with Crippen molar-refractivity contribution in [3.8, 4) is 0 Å². The number of aliphatic hydroxyl groups excluding tert-OH is 2. The highest BCUT2D eigenvalue weighted by Gasteiger charge is 2.41. The van der Waals surface area contributed by atoms with Gasteiger partial charge in [0.2, 0.25) is 0 Å². The zero-order valence-electron chi connectivity index (χ0n) is 7.95. The fourth-order valence-corrected chi connectivity index (χ4v) is 3.06. The number of hydrogen-bond donors (Lipinski definition) is 3. The van der Waals surface area contributed by atoms with Crippen molar-refractivity contribution in [1.82, 2.24) is 5.32 Å². The molecule has 1 heterocycles. The lowest BCUT2D eigenvalue weighted by Crippen LogP contribution is -2.36. The van der Waals surface area contributed by atoms with E-state index in [1.54, 1.807) is 0 Å². The zero-order valence-corrected chi connectivity index (χ0v) is 7.95. The zero-order chi connectivity index (χ0) is 9.26. The second-order valence-electron chi connectivity index (χ2n) is 4.45. The Hall–Kier alpha value is -0.120. The van der Waals surface area contributed by atoms with Gasteiger partial charge in [-0.1, -0.05) is 0 Å². The Kier molecular flexibility index (Phi) is 2.86. The van der Waals surface area contributed by atoms with Crippen LogP contribution in [0.1, 0.15) is 12.8 Å². The van der Waals surface area contributed by atoms with Crippen molar-refractivity contribution in [2.45, 2.75) is 12.8 Å². The molecule has 1 aliphatic heterocycles. The molecular weight excluding hydrogens is 166 g/mol. The quantitative estimate of drug-likeness (QED) is 0.560. The van der Waals surface area contributed by atoms with Crippen LogP contribution in [0, 0.1) is 23.7 Å². The first-order valence-corrected chi connectivity index (χ1v) is 5.29. The lowest BCUT2D eigenvalue weighted by Gasteiger charge is -2.37. The van der Waals surface area contributed by atoms with Gasteiger partial charge in [-0.3, -0.25) is 0 Å². The second-order valence-corrected chi connectivity index (χ2v) is 4.45. The largest absolute Gasteiger partial charge is 0.396 e. The van der Waals surface area contributed by atoms with E-state index in [0.29, 0.717) is 36.9 Å². The lowest BCUT2D eigenvalue weighted by molar-refractivity contribution is 0.0508.